The van der Waals surface area contributed by atoms with E-state index < -0.39 is 17.7 Å². The molecule has 10 nitrogen and oxygen atoms in total. The van der Waals surface area contributed by atoms with Crippen LogP contribution in [0.3, 0.4) is 0 Å². The van der Waals surface area contributed by atoms with Gasteiger partial charge in [-0.25, -0.2) is 8.91 Å². The summed E-state index contributed by atoms with van der Waals surface area (Å²) in [5, 5.41) is 29.6. The lowest BCUT2D eigenvalue weighted by molar-refractivity contribution is -0.00177. The number of carbonyl (C=O) groups excluding carboxylic acids is 1. The summed E-state index contributed by atoms with van der Waals surface area (Å²) in [5.74, 6) is 0.107. The van der Waals surface area contributed by atoms with E-state index in [0.29, 0.717) is 34.1 Å². The van der Waals surface area contributed by atoms with E-state index in [2.05, 4.69) is 31.7 Å². The van der Waals surface area contributed by atoms with E-state index in [4.69, 9.17) is 4.74 Å². The maximum absolute atomic E-state index is 14.3. The average Bonchev–Trinajstić information content (AvgIpc) is 3.33. The van der Waals surface area contributed by atoms with E-state index in [1.807, 2.05) is 18.2 Å². The molecule has 0 bridgehead atoms. The molecule has 0 radical (unpaired) electrons. The van der Waals surface area contributed by atoms with Crippen molar-refractivity contribution < 1.29 is 19.0 Å². The molecule has 1 atom stereocenters. The molecule has 3 aromatic heterocycles. The van der Waals surface area contributed by atoms with Gasteiger partial charge in [-0.1, -0.05) is 0 Å². The molecule has 1 aliphatic carbocycles. The second kappa shape index (κ2) is 11.3. The lowest BCUT2D eigenvalue weighted by Gasteiger charge is -2.40. The third-order valence-electron chi connectivity index (χ3n) is 7.46. The Bertz CT molecular complexity index is 1370. The van der Waals surface area contributed by atoms with Crippen LogP contribution in [0.5, 0.6) is 0 Å². The van der Waals surface area contributed by atoms with Crippen LogP contribution in [0.2, 0.25) is 0 Å². The first-order valence-electron chi connectivity index (χ1n) is 13.3. The largest absolute Gasteiger partial charge is 0.387 e. The zero-order chi connectivity index (χ0) is 27.6. The normalized spacial score (nSPS) is 20.7. The molecule has 2 fully saturated rings. The number of morpholine rings is 1. The van der Waals surface area contributed by atoms with Crippen LogP contribution in [0, 0.1) is 17.2 Å². The molecule has 1 aliphatic heterocycles. The Morgan fingerprint density at radius 3 is 2.77 bits per heavy atom. The quantitative estimate of drug-likeness (QED) is 0.382. The lowest BCUT2D eigenvalue weighted by atomic mass is 9.79. The fraction of sp³-hybridized carbons (Fsp3) is 0.500. The van der Waals surface area contributed by atoms with E-state index >= 15 is 0 Å². The number of carbonyl (C=O) groups is 1. The van der Waals surface area contributed by atoms with Crippen molar-refractivity contribution in [1.29, 1.82) is 5.26 Å². The fourth-order valence-corrected chi connectivity index (χ4v) is 5.05. The number of ether oxygens (including phenoxy) is 1. The van der Waals surface area contributed by atoms with Crippen molar-refractivity contribution in [2.45, 2.75) is 44.5 Å². The van der Waals surface area contributed by atoms with Crippen molar-refractivity contribution in [3.05, 3.63) is 47.8 Å². The molecule has 1 saturated carbocycles. The highest BCUT2D eigenvalue weighted by Gasteiger charge is 2.32. The maximum Gasteiger partial charge on any atom is 0.255 e. The molecule has 0 aromatic carbocycles. The van der Waals surface area contributed by atoms with E-state index in [1.54, 1.807) is 10.6 Å². The van der Waals surface area contributed by atoms with Gasteiger partial charge in [-0.3, -0.25) is 14.7 Å². The van der Waals surface area contributed by atoms with Crippen LogP contribution in [-0.4, -0.2) is 87.7 Å². The number of pyridine rings is 1. The Labute approximate surface area is 226 Å². The van der Waals surface area contributed by atoms with Crippen molar-refractivity contribution in [3.63, 3.8) is 0 Å². The molecule has 1 amide bonds. The Hall–Kier alpha value is -3.59. The molecule has 4 heterocycles. The number of hydrogen-bond acceptors (Lipinski definition) is 8. The summed E-state index contributed by atoms with van der Waals surface area (Å²) in [4.78, 5) is 20.0. The first-order valence-corrected chi connectivity index (χ1v) is 13.3. The van der Waals surface area contributed by atoms with E-state index in [-0.39, 0.29) is 12.6 Å². The van der Waals surface area contributed by atoms with E-state index in [0.717, 1.165) is 51.2 Å². The molecule has 11 heteroatoms. The summed E-state index contributed by atoms with van der Waals surface area (Å²) >= 11 is 0. The standard InChI is InChI=1S/C28H34FN7O3/c1-28(2,38)26(29)16-32-27(37)22-15-31-24(25-4-3-21-11-19(13-30)14-33-36(21)25)12-23(22)34-20-9-18(10-20)17-35-5-7-39-8-6-35/h3-4,11-12,14-15,18,20,26,38H,5-10,16-17H2,1-2H3,(H,31,34)(H,32,37). The molecule has 0 spiro atoms. The molecule has 1 saturated heterocycles. The zero-order valence-corrected chi connectivity index (χ0v) is 22.2. The van der Waals surface area contributed by atoms with Crippen LogP contribution in [0.4, 0.5) is 10.1 Å². The van der Waals surface area contributed by atoms with Gasteiger partial charge >= 0.3 is 0 Å². The van der Waals surface area contributed by atoms with Gasteiger partial charge in [0.2, 0.25) is 0 Å². The summed E-state index contributed by atoms with van der Waals surface area (Å²) in [6.07, 6.45) is 3.32. The zero-order valence-electron chi connectivity index (χ0n) is 22.2. The smallest absolute Gasteiger partial charge is 0.255 e. The predicted molar refractivity (Wildman–Crippen MR) is 144 cm³/mol. The first-order chi connectivity index (χ1) is 18.7. The summed E-state index contributed by atoms with van der Waals surface area (Å²) < 4.78 is 21.5. The number of halogens is 1. The maximum atomic E-state index is 14.3. The number of nitriles is 1. The fourth-order valence-electron chi connectivity index (χ4n) is 5.05. The number of amides is 1. The first kappa shape index (κ1) is 27.0. The summed E-state index contributed by atoms with van der Waals surface area (Å²) in [5.41, 5.74) is 1.89. The van der Waals surface area contributed by atoms with Crippen molar-refractivity contribution in [2.24, 2.45) is 5.92 Å². The van der Waals surface area contributed by atoms with E-state index in [1.165, 1.54) is 26.2 Å². The van der Waals surface area contributed by atoms with Crippen LogP contribution in [0.1, 0.15) is 42.6 Å². The number of nitrogens with zero attached hydrogens (tertiary/aromatic N) is 5. The molecule has 206 valence electrons. The SMILES string of the molecule is CC(C)(O)C(F)CNC(=O)c1cnc(-c2ccc3cc(C#N)cnn23)cc1NC1CC(CN2CCOCC2)C1. The number of nitrogens with one attached hydrogen (secondary N) is 2. The minimum atomic E-state index is -1.62. The monoisotopic (exact) mass is 535 g/mol. The van der Waals surface area contributed by atoms with Crippen molar-refractivity contribution in [3.8, 4) is 17.5 Å². The van der Waals surface area contributed by atoms with Crippen molar-refractivity contribution in [2.75, 3.05) is 44.7 Å². The number of aromatic nitrogens is 3. The van der Waals surface area contributed by atoms with Crippen LogP contribution in [0.25, 0.3) is 16.9 Å². The molecular weight excluding hydrogens is 501 g/mol. The molecule has 1 unspecified atom stereocenters. The lowest BCUT2D eigenvalue weighted by Crippen LogP contribution is -2.45. The second-order valence-corrected chi connectivity index (χ2v) is 10.9. The Morgan fingerprint density at radius 2 is 2.05 bits per heavy atom. The minimum Gasteiger partial charge on any atom is -0.387 e. The minimum absolute atomic E-state index is 0.198. The third-order valence-corrected chi connectivity index (χ3v) is 7.46. The molecular formula is C28H34FN7O3. The predicted octanol–water partition coefficient (Wildman–Crippen LogP) is 2.63. The van der Waals surface area contributed by atoms with Gasteiger partial charge in [0, 0.05) is 31.9 Å². The molecule has 39 heavy (non-hydrogen) atoms. The third kappa shape index (κ3) is 6.19. The van der Waals surface area contributed by atoms with Gasteiger partial charge in [-0.15, -0.1) is 0 Å². The number of anilines is 1. The number of rotatable bonds is 9. The van der Waals surface area contributed by atoms with Crippen molar-refractivity contribution in [1.82, 2.24) is 24.8 Å². The molecule has 2 aliphatic rings. The summed E-state index contributed by atoms with van der Waals surface area (Å²) in [6.45, 7) is 6.94. The van der Waals surface area contributed by atoms with Crippen LogP contribution >= 0.6 is 0 Å². The van der Waals surface area contributed by atoms with Gasteiger partial charge in [0.1, 0.15) is 12.2 Å². The highest BCUT2D eigenvalue weighted by atomic mass is 19.1. The number of aliphatic hydroxyl groups is 1. The van der Waals surface area contributed by atoms with Gasteiger partial charge < -0.3 is 20.5 Å². The number of hydrogen-bond donors (Lipinski definition) is 3. The van der Waals surface area contributed by atoms with Crippen LogP contribution in [0.15, 0.2) is 36.7 Å². The average molecular weight is 536 g/mol. The van der Waals surface area contributed by atoms with Gasteiger partial charge in [0.05, 0.1) is 65.3 Å². The highest BCUT2D eigenvalue weighted by molar-refractivity contribution is 6.00. The van der Waals surface area contributed by atoms with Gasteiger partial charge in [-0.05, 0) is 56.9 Å². The highest BCUT2D eigenvalue weighted by Crippen LogP contribution is 2.33. The summed E-state index contributed by atoms with van der Waals surface area (Å²) in [6, 6.07) is 9.58. The van der Waals surface area contributed by atoms with Gasteiger partial charge in [0.15, 0.2) is 0 Å². The number of alkyl halides is 1. The summed E-state index contributed by atoms with van der Waals surface area (Å²) in [7, 11) is 0. The topological polar surface area (TPSA) is 128 Å². The van der Waals surface area contributed by atoms with Gasteiger partial charge in [-0.2, -0.15) is 10.4 Å². The number of fused-ring (bicyclic) bond motifs is 1. The van der Waals surface area contributed by atoms with E-state index in [9.17, 15) is 19.6 Å². The Morgan fingerprint density at radius 1 is 1.28 bits per heavy atom. The van der Waals surface area contributed by atoms with Gasteiger partial charge in [0.25, 0.3) is 5.91 Å². The van der Waals surface area contributed by atoms with Crippen molar-refractivity contribution >= 4 is 17.1 Å². The van der Waals surface area contributed by atoms with Crippen LogP contribution in [-0.2, 0) is 4.74 Å². The second-order valence-electron chi connectivity index (χ2n) is 10.9. The van der Waals surface area contributed by atoms with Crippen LogP contribution < -0.4 is 10.6 Å². The Kier molecular flexibility index (Phi) is 7.79. The molecule has 3 aromatic rings. The molecule has 5 rings (SSSR count). The Balaban J connectivity index is 1.35. The molecule has 3 N–H and O–H groups in total.